The van der Waals surface area contributed by atoms with E-state index in [-0.39, 0.29) is 5.56 Å². The molecule has 138 valence electrons. The van der Waals surface area contributed by atoms with Crippen LogP contribution in [-0.2, 0) is 13.2 Å². The van der Waals surface area contributed by atoms with Crippen molar-refractivity contribution in [1.29, 1.82) is 0 Å². The van der Waals surface area contributed by atoms with E-state index < -0.39 is 5.97 Å². The van der Waals surface area contributed by atoms with Crippen LogP contribution in [0.1, 0.15) is 21.5 Å². The van der Waals surface area contributed by atoms with Crippen LogP contribution in [-0.4, -0.2) is 11.1 Å². The fourth-order valence-electron chi connectivity index (χ4n) is 2.50. The van der Waals surface area contributed by atoms with Gasteiger partial charge in [0.15, 0.2) is 0 Å². The number of hydrogen-bond donors (Lipinski definition) is 2. The molecule has 6 heteroatoms. The summed E-state index contributed by atoms with van der Waals surface area (Å²) >= 11 is 12.4. The third-order valence-electron chi connectivity index (χ3n) is 3.93. The monoisotopic (exact) mass is 401 g/mol. The molecule has 3 aromatic rings. The highest BCUT2D eigenvalue weighted by Crippen LogP contribution is 2.28. The molecule has 0 heterocycles. The van der Waals surface area contributed by atoms with Crippen LogP contribution < -0.4 is 10.1 Å². The number of nitrogens with one attached hydrogen (secondary N) is 1. The topological polar surface area (TPSA) is 58.6 Å². The number of carboxylic acids is 1. The smallest absolute Gasteiger partial charge is 0.335 e. The van der Waals surface area contributed by atoms with Crippen molar-refractivity contribution in [2.75, 3.05) is 5.32 Å². The van der Waals surface area contributed by atoms with E-state index >= 15 is 0 Å². The Morgan fingerprint density at radius 1 is 0.926 bits per heavy atom. The van der Waals surface area contributed by atoms with Crippen LogP contribution in [0.3, 0.4) is 0 Å². The molecule has 0 fully saturated rings. The molecule has 0 aliphatic heterocycles. The maximum Gasteiger partial charge on any atom is 0.335 e. The summed E-state index contributed by atoms with van der Waals surface area (Å²) in [5.41, 5.74) is 2.71. The normalized spacial score (nSPS) is 10.4. The maximum atomic E-state index is 11.1. The first kappa shape index (κ1) is 19.1. The number of ether oxygens (including phenoxy) is 1. The van der Waals surface area contributed by atoms with Crippen LogP contribution in [0.5, 0.6) is 5.75 Å². The van der Waals surface area contributed by atoms with Gasteiger partial charge < -0.3 is 15.2 Å². The van der Waals surface area contributed by atoms with Gasteiger partial charge in [-0.15, -0.1) is 0 Å². The van der Waals surface area contributed by atoms with Gasteiger partial charge in [0.25, 0.3) is 0 Å². The first-order valence-electron chi connectivity index (χ1n) is 8.25. The summed E-state index contributed by atoms with van der Waals surface area (Å²) in [6.45, 7) is 0.886. The highest BCUT2D eigenvalue weighted by molar-refractivity contribution is 6.33. The van der Waals surface area contributed by atoms with Crippen LogP contribution in [0.25, 0.3) is 0 Å². The van der Waals surface area contributed by atoms with E-state index in [1.165, 1.54) is 12.1 Å². The highest BCUT2D eigenvalue weighted by atomic mass is 35.5. The molecule has 0 saturated heterocycles. The first-order valence-corrected chi connectivity index (χ1v) is 9.00. The summed E-state index contributed by atoms with van der Waals surface area (Å²) in [6.07, 6.45) is 0. The minimum absolute atomic E-state index is 0.171. The van der Waals surface area contributed by atoms with Gasteiger partial charge in [0.2, 0.25) is 0 Å². The predicted molar refractivity (Wildman–Crippen MR) is 108 cm³/mol. The Morgan fingerprint density at radius 3 is 2.41 bits per heavy atom. The van der Waals surface area contributed by atoms with Crippen LogP contribution in [0, 0.1) is 0 Å². The van der Waals surface area contributed by atoms with Crippen LogP contribution in [0.4, 0.5) is 5.69 Å². The summed E-state index contributed by atoms with van der Waals surface area (Å²) < 4.78 is 5.76. The molecule has 3 rings (SSSR count). The molecule has 0 aliphatic rings. The van der Waals surface area contributed by atoms with Gasteiger partial charge in [-0.25, -0.2) is 4.79 Å². The Labute approximate surface area is 167 Å². The Hall–Kier alpha value is -2.69. The number of benzene rings is 3. The van der Waals surface area contributed by atoms with E-state index in [9.17, 15) is 4.79 Å². The van der Waals surface area contributed by atoms with E-state index in [1.54, 1.807) is 6.07 Å². The third-order valence-corrected chi connectivity index (χ3v) is 4.55. The largest absolute Gasteiger partial charge is 0.487 e. The number of aromatic carboxylic acids is 1. The maximum absolute atomic E-state index is 11.1. The standard InChI is InChI=1S/C21H17Cl2NO3/c22-17-8-7-16(21(25)26)11-19(17)24-12-15-6-9-20(18(23)10-15)27-13-14-4-2-1-3-5-14/h1-11,24H,12-13H2,(H,25,26). The Balaban J connectivity index is 1.64. The second kappa shape index (κ2) is 8.80. The van der Waals surface area contributed by atoms with E-state index in [0.717, 1.165) is 11.1 Å². The summed E-state index contributed by atoms with van der Waals surface area (Å²) in [4.78, 5) is 11.1. The van der Waals surface area contributed by atoms with Crippen molar-refractivity contribution in [2.45, 2.75) is 13.2 Å². The van der Waals surface area contributed by atoms with Gasteiger partial charge in [-0.1, -0.05) is 59.6 Å². The lowest BCUT2D eigenvalue weighted by Gasteiger charge is -2.12. The molecular weight excluding hydrogens is 385 g/mol. The summed E-state index contributed by atoms with van der Waals surface area (Å²) in [5, 5.41) is 13.2. The fraction of sp³-hybridized carbons (Fsp3) is 0.0952. The molecule has 0 aromatic heterocycles. The number of halogens is 2. The molecule has 4 nitrogen and oxygen atoms in total. The minimum Gasteiger partial charge on any atom is -0.487 e. The van der Waals surface area contributed by atoms with Crippen LogP contribution in [0.15, 0.2) is 66.7 Å². The summed E-state index contributed by atoms with van der Waals surface area (Å²) in [6, 6.07) is 19.9. The second-order valence-corrected chi connectivity index (χ2v) is 6.71. The zero-order valence-electron chi connectivity index (χ0n) is 14.3. The average molecular weight is 402 g/mol. The van der Waals surface area contributed by atoms with E-state index in [4.69, 9.17) is 33.0 Å². The highest BCUT2D eigenvalue weighted by Gasteiger charge is 2.08. The molecule has 2 N–H and O–H groups in total. The van der Waals surface area contributed by atoms with Crippen molar-refractivity contribution < 1.29 is 14.6 Å². The molecule has 0 bridgehead atoms. The number of carbonyl (C=O) groups is 1. The zero-order valence-corrected chi connectivity index (χ0v) is 15.8. The molecule has 0 spiro atoms. The van der Waals surface area contributed by atoms with Crippen molar-refractivity contribution in [3.63, 3.8) is 0 Å². The van der Waals surface area contributed by atoms with E-state index in [0.29, 0.717) is 34.6 Å². The van der Waals surface area contributed by atoms with E-state index in [1.807, 2.05) is 48.5 Å². The van der Waals surface area contributed by atoms with Crippen molar-refractivity contribution in [3.8, 4) is 5.75 Å². The molecule has 0 unspecified atom stereocenters. The Bertz CT molecular complexity index is 945. The summed E-state index contributed by atoms with van der Waals surface area (Å²) in [5.74, 6) is -0.396. The molecule has 0 atom stereocenters. The van der Waals surface area contributed by atoms with Gasteiger partial charge >= 0.3 is 5.97 Å². The third kappa shape index (κ3) is 5.16. The molecule has 0 aliphatic carbocycles. The molecule has 3 aromatic carbocycles. The first-order chi connectivity index (χ1) is 13.0. The van der Waals surface area contributed by atoms with Gasteiger partial charge in [0.05, 0.1) is 21.3 Å². The lowest BCUT2D eigenvalue weighted by Crippen LogP contribution is -2.03. The van der Waals surface area contributed by atoms with Crippen molar-refractivity contribution in [3.05, 3.63) is 93.5 Å². The fourth-order valence-corrected chi connectivity index (χ4v) is 2.94. The van der Waals surface area contributed by atoms with Crippen LogP contribution in [0.2, 0.25) is 10.0 Å². The number of carboxylic acid groups (broad SMARTS) is 1. The van der Waals surface area contributed by atoms with Gasteiger partial charge in [-0.3, -0.25) is 0 Å². The summed E-state index contributed by atoms with van der Waals surface area (Å²) in [7, 11) is 0. The zero-order chi connectivity index (χ0) is 19.2. The Morgan fingerprint density at radius 2 is 1.70 bits per heavy atom. The van der Waals surface area contributed by atoms with Crippen LogP contribution >= 0.6 is 23.2 Å². The number of anilines is 1. The van der Waals surface area contributed by atoms with Crippen molar-refractivity contribution in [1.82, 2.24) is 0 Å². The van der Waals surface area contributed by atoms with Gasteiger partial charge in [0.1, 0.15) is 12.4 Å². The quantitative estimate of drug-likeness (QED) is 0.518. The molecule has 0 saturated carbocycles. The van der Waals surface area contributed by atoms with Gasteiger partial charge in [-0.05, 0) is 41.5 Å². The lowest BCUT2D eigenvalue weighted by atomic mass is 10.1. The van der Waals surface area contributed by atoms with Gasteiger partial charge in [-0.2, -0.15) is 0 Å². The Kier molecular flexibility index (Phi) is 6.22. The van der Waals surface area contributed by atoms with E-state index in [2.05, 4.69) is 5.32 Å². The second-order valence-electron chi connectivity index (χ2n) is 5.89. The number of rotatable bonds is 7. The SMILES string of the molecule is O=C(O)c1ccc(Cl)c(NCc2ccc(OCc3ccccc3)c(Cl)c2)c1. The molecule has 0 amide bonds. The minimum atomic E-state index is -1.00. The number of hydrogen-bond acceptors (Lipinski definition) is 3. The van der Waals surface area contributed by atoms with Crippen molar-refractivity contribution in [2.24, 2.45) is 0 Å². The molecule has 0 radical (unpaired) electrons. The predicted octanol–water partition coefficient (Wildman–Crippen LogP) is 5.88. The molecular formula is C21H17Cl2NO3. The average Bonchev–Trinajstić information content (AvgIpc) is 2.67. The van der Waals surface area contributed by atoms with Gasteiger partial charge in [0, 0.05) is 6.54 Å². The molecule has 27 heavy (non-hydrogen) atoms. The van der Waals surface area contributed by atoms with Crippen molar-refractivity contribution >= 4 is 34.9 Å². The lowest BCUT2D eigenvalue weighted by molar-refractivity contribution is 0.0697.